The van der Waals surface area contributed by atoms with Crippen molar-refractivity contribution < 1.29 is 24.6 Å². The summed E-state index contributed by atoms with van der Waals surface area (Å²) < 4.78 is 1.98. The first-order valence-corrected chi connectivity index (χ1v) is 15.6. The Bertz CT molecular complexity index is 1960. The van der Waals surface area contributed by atoms with Crippen LogP contribution < -0.4 is 10.6 Å². The number of carbonyl (C=O) groups excluding carboxylic acids is 3. The summed E-state index contributed by atoms with van der Waals surface area (Å²) in [6, 6.07) is 10.9. The molecule has 6 rings (SSSR count). The Kier molecular flexibility index (Phi) is 9.03. The molecule has 17 nitrogen and oxygen atoms in total. The van der Waals surface area contributed by atoms with E-state index in [9.17, 15) is 24.6 Å². The molecular formula is C30H26Cl2N12O5. The number of ketones is 1. The Morgan fingerprint density at radius 1 is 0.735 bits per heavy atom. The van der Waals surface area contributed by atoms with Crippen molar-refractivity contribution in [2.24, 2.45) is 30.4 Å². The van der Waals surface area contributed by atoms with Crippen LogP contribution in [0.25, 0.3) is 0 Å². The number of unbranched alkanes of at least 4 members (excludes halogenated alkanes) is 2. The molecule has 250 valence electrons. The quantitative estimate of drug-likeness (QED) is 0.130. The molecule has 49 heavy (non-hydrogen) atoms. The van der Waals surface area contributed by atoms with Crippen LogP contribution in [0.5, 0.6) is 11.8 Å². The van der Waals surface area contributed by atoms with Crippen LogP contribution in [0, 0.1) is 0 Å². The van der Waals surface area contributed by atoms with Crippen molar-refractivity contribution in [3.63, 3.8) is 0 Å². The lowest BCUT2D eigenvalue weighted by atomic mass is 9.77. The number of rotatable bonds is 9. The Morgan fingerprint density at radius 2 is 1.16 bits per heavy atom. The van der Waals surface area contributed by atoms with E-state index in [0.29, 0.717) is 27.8 Å². The Hall–Kier alpha value is -5.81. The van der Waals surface area contributed by atoms with Crippen LogP contribution in [0.3, 0.4) is 0 Å². The summed E-state index contributed by atoms with van der Waals surface area (Å²) in [5, 5.41) is 44.6. The molecule has 0 bridgehead atoms. The van der Waals surface area contributed by atoms with Gasteiger partial charge in [-0.3, -0.25) is 4.79 Å². The van der Waals surface area contributed by atoms with E-state index in [4.69, 9.17) is 23.2 Å². The third-order valence-corrected chi connectivity index (χ3v) is 8.14. The van der Waals surface area contributed by atoms with Crippen LogP contribution in [0.2, 0.25) is 10.0 Å². The van der Waals surface area contributed by atoms with Crippen molar-refractivity contribution in [1.29, 1.82) is 0 Å². The first-order chi connectivity index (χ1) is 23.5. The fourth-order valence-corrected chi connectivity index (χ4v) is 5.35. The minimum Gasteiger partial charge on any atom is -0.493 e. The molecule has 0 atom stereocenters. The zero-order chi connectivity index (χ0) is 34.9. The smallest absolute Gasteiger partial charge is 0.348 e. The summed E-state index contributed by atoms with van der Waals surface area (Å²) in [6.45, 7) is 3.41. The molecule has 4 aromatic rings. The lowest BCUT2D eigenvalue weighted by Gasteiger charge is -2.25. The summed E-state index contributed by atoms with van der Waals surface area (Å²) in [5.74, 6) is -2.69. The summed E-state index contributed by atoms with van der Waals surface area (Å²) in [6.07, 6.45) is 2.10. The summed E-state index contributed by atoms with van der Waals surface area (Å²) in [7, 11) is 0. The number of azo groups is 2. The van der Waals surface area contributed by atoms with Gasteiger partial charge in [-0.05, 0) is 61.9 Å². The maximum Gasteiger partial charge on any atom is 0.348 e. The molecule has 4 N–H and O–H groups in total. The van der Waals surface area contributed by atoms with E-state index in [1.807, 2.05) is 6.92 Å². The maximum absolute atomic E-state index is 14.0. The number of imidazole rings is 2. The number of hydrogen-bond acceptors (Lipinski definition) is 9. The van der Waals surface area contributed by atoms with E-state index in [2.05, 4.69) is 51.0 Å². The molecule has 0 saturated carbocycles. The molecule has 2 aromatic heterocycles. The van der Waals surface area contributed by atoms with Gasteiger partial charge >= 0.3 is 12.1 Å². The van der Waals surface area contributed by atoms with E-state index in [0.717, 1.165) is 22.0 Å². The Labute approximate surface area is 287 Å². The average Bonchev–Trinajstić information content (AvgIpc) is 3.83. The number of aliphatic imine (C=N–C) groups is 2. The standard InChI is InChI=1S/C30H26Cl2N12O5/c1-3-4-5-6-19(45)30(2,20-22(46)43-24(35-20)39-41-26(43)37-28(48)33-17-11-7-15(31)8-12-17)21-23(47)44-25(36-21)40-42-27(44)38-29(49)34-18-13-9-16(32)10-14-18/h7-14,46-47H,3-6H2,1-2H3,(H,33,48)(H,34,49)/b37-26+,38-27+. The number of hydrogen-bond donors (Lipinski definition) is 4. The molecule has 19 heteroatoms. The number of amides is 4. The number of aromatic nitrogens is 4. The minimum absolute atomic E-state index is 0.0333. The molecule has 2 aliphatic rings. The van der Waals surface area contributed by atoms with Gasteiger partial charge in [0.2, 0.25) is 11.8 Å². The highest BCUT2D eigenvalue weighted by molar-refractivity contribution is 6.31. The lowest BCUT2D eigenvalue weighted by Crippen LogP contribution is -2.35. The number of urea groups is 2. The van der Waals surface area contributed by atoms with E-state index in [1.165, 1.54) is 6.92 Å². The molecule has 4 heterocycles. The van der Waals surface area contributed by atoms with Gasteiger partial charge in [-0.25, -0.2) is 28.7 Å². The fourth-order valence-electron chi connectivity index (χ4n) is 5.10. The summed E-state index contributed by atoms with van der Waals surface area (Å²) >= 11 is 11.8. The van der Waals surface area contributed by atoms with Gasteiger partial charge < -0.3 is 20.8 Å². The van der Waals surface area contributed by atoms with Gasteiger partial charge in [0.05, 0.1) is 0 Å². The van der Waals surface area contributed by atoms with Crippen molar-refractivity contribution in [3.05, 3.63) is 70.0 Å². The van der Waals surface area contributed by atoms with Crippen LogP contribution in [0.4, 0.5) is 32.9 Å². The van der Waals surface area contributed by atoms with E-state index >= 15 is 0 Å². The van der Waals surface area contributed by atoms with Gasteiger partial charge in [0.25, 0.3) is 23.8 Å². The number of aromatic hydroxyl groups is 2. The second kappa shape index (κ2) is 13.4. The highest BCUT2D eigenvalue weighted by Gasteiger charge is 2.49. The molecule has 0 saturated heterocycles. The first kappa shape index (κ1) is 33.1. The third-order valence-electron chi connectivity index (χ3n) is 7.63. The number of nitrogens with one attached hydrogen (secondary N) is 2. The molecule has 0 aliphatic carbocycles. The van der Waals surface area contributed by atoms with E-state index in [1.54, 1.807) is 48.5 Å². The van der Waals surface area contributed by atoms with Crippen molar-refractivity contribution in [3.8, 4) is 11.8 Å². The van der Waals surface area contributed by atoms with Gasteiger partial charge in [0.1, 0.15) is 16.8 Å². The van der Waals surface area contributed by atoms with Crippen LogP contribution in [-0.2, 0) is 10.2 Å². The van der Waals surface area contributed by atoms with Crippen LogP contribution >= 0.6 is 23.2 Å². The third kappa shape index (κ3) is 6.40. The maximum atomic E-state index is 14.0. The van der Waals surface area contributed by atoms with Crippen molar-refractivity contribution in [1.82, 2.24) is 19.1 Å². The molecule has 2 aliphatic heterocycles. The predicted molar refractivity (Wildman–Crippen MR) is 179 cm³/mol. The predicted octanol–water partition coefficient (Wildman–Crippen LogP) is 7.32. The average molecular weight is 706 g/mol. The van der Waals surface area contributed by atoms with Gasteiger partial charge in [-0.2, -0.15) is 9.98 Å². The highest BCUT2D eigenvalue weighted by Crippen LogP contribution is 2.46. The molecule has 0 radical (unpaired) electrons. The van der Waals surface area contributed by atoms with E-state index in [-0.39, 0.29) is 41.6 Å². The number of Topliss-reactive ketones (excluding diaryl/α,β-unsaturated/α-hetero) is 1. The first-order valence-electron chi connectivity index (χ1n) is 14.8. The van der Waals surface area contributed by atoms with Crippen molar-refractivity contribution in [2.75, 3.05) is 10.6 Å². The van der Waals surface area contributed by atoms with E-state index < -0.39 is 35.0 Å². The van der Waals surface area contributed by atoms with Gasteiger partial charge in [-0.1, -0.05) is 43.0 Å². The lowest BCUT2D eigenvalue weighted by molar-refractivity contribution is -0.123. The Balaban J connectivity index is 1.36. The zero-order valence-corrected chi connectivity index (χ0v) is 27.3. The van der Waals surface area contributed by atoms with Gasteiger partial charge in [0.15, 0.2) is 5.78 Å². The monoisotopic (exact) mass is 704 g/mol. The number of carbonyl (C=O) groups is 3. The molecule has 0 fully saturated rings. The molecule has 0 unspecified atom stereocenters. The zero-order valence-electron chi connectivity index (χ0n) is 25.8. The van der Waals surface area contributed by atoms with Crippen molar-refractivity contribution in [2.45, 2.75) is 44.9 Å². The van der Waals surface area contributed by atoms with Crippen LogP contribution in [-0.4, -0.2) is 59.1 Å². The van der Waals surface area contributed by atoms with Crippen LogP contribution in [0.15, 0.2) is 79.0 Å². The number of fused-ring (bicyclic) bond motifs is 2. The number of nitrogens with zero attached hydrogens (tertiary/aromatic N) is 10. The largest absolute Gasteiger partial charge is 0.493 e. The second-order valence-electron chi connectivity index (χ2n) is 10.9. The molecule has 2 aromatic carbocycles. The molecular weight excluding hydrogens is 679 g/mol. The van der Waals surface area contributed by atoms with Gasteiger partial charge in [0, 0.05) is 27.8 Å². The van der Waals surface area contributed by atoms with Crippen molar-refractivity contribution >= 4 is 76.2 Å². The summed E-state index contributed by atoms with van der Waals surface area (Å²) in [5.41, 5.74) is -1.57. The number of benzene rings is 2. The summed E-state index contributed by atoms with van der Waals surface area (Å²) in [4.78, 5) is 55.9. The number of anilines is 2. The second-order valence-corrected chi connectivity index (χ2v) is 11.8. The van der Waals surface area contributed by atoms with Crippen LogP contribution in [0.1, 0.15) is 50.9 Å². The minimum atomic E-state index is -1.89. The SMILES string of the molecule is CCCCCC(=O)C(C)(c1nc2n(c1O)/C(=N/C(=O)Nc1ccc(Cl)cc1)N=N2)c1nc2n(c1O)/C(=N/C(=O)Nc1ccc(Cl)cc1)N=N2. The topological polar surface area (TPSA) is 226 Å². The fraction of sp³-hybridized carbons (Fsp3) is 0.233. The normalized spacial score (nSPS) is 14.8. The Morgan fingerprint density at radius 3 is 1.57 bits per heavy atom. The highest BCUT2D eigenvalue weighted by atomic mass is 35.5. The number of halogens is 2. The molecule has 0 spiro atoms. The molecule has 4 amide bonds. The van der Waals surface area contributed by atoms with Gasteiger partial charge in [-0.15, -0.1) is 20.5 Å².